The van der Waals surface area contributed by atoms with Crippen molar-refractivity contribution in [1.82, 2.24) is 10.2 Å². The maximum absolute atomic E-state index is 12.6. The quantitative estimate of drug-likeness (QED) is 0.809. The van der Waals surface area contributed by atoms with Crippen LogP contribution < -0.4 is 5.32 Å². The summed E-state index contributed by atoms with van der Waals surface area (Å²) in [4.78, 5) is 25.2. The van der Waals surface area contributed by atoms with Crippen molar-refractivity contribution in [3.05, 3.63) is 0 Å². The van der Waals surface area contributed by atoms with Crippen molar-refractivity contribution in [2.45, 2.75) is 38.5 Å². The first-order chi connectivity index (χ1) is 9.61. The minimum absolute atomic E-state index is 0.228. The first-order valence-electron chi connectivity index (χ1n) is 7.82. The third kappa shape index (κ3) is 2.68. The zero-order valence-corrected chi connectivity index (χ0v) is 11.9. The SMILES string of the molecule is O=C(O)CCC1CCN(C(=O)C2CC23CCNCC3)C1. The predicted molar refractivity (Wildman–Crippen MR) is 74.2 cm³/mol. The van der Waals surface area contributed by atoms with Crippen LogP contribution in [0.5, 0.6) is 0 Å². The van der Waals surface area contributed by atoms with Crippen LogP contribution in [0.2, 0.25) is 0 Å². The van der Waals surface area contributed by atoms with E-state index in [0.717, 1.165) is 51.9 Å². The van der Waals surface area contributed by atoms with Crippen molar-refractivity contribution < 1.29 is 14.7 Å². The van der Waals surface area contributed by atoms with E-state index < -0.39 is 5.97 Å². The predicted octanol–water partition coefficient (Wildman–Crippen LogP) is 1.09. The number of carboxylic acids is 1. The molecule has 2 aliphatic heterocycles. The molecule has 1 aliphatic carbocycles. The van der Waals surface area contributed by atoms with Crippen LogP contribution in [0.1, 0.15) is 38.5 Å². The van der Waals surface area contributed by atoms with Gasteiger partial charge in [-0.25, -0.2) is 0 Å². The average Bonchev–Trinajstić information content (AvgIpc) is 2.92. The summed E-state index contributed by atoms with van der Waals surface area (Å²) < 4.78 is 0. The van der Waals surface area contributed by atoms with E-state index >= 15 is 0 Å². The first-order valence-corrected chi connectivity index (χ1v) is 7.82. The number of piperidine rings is 1. The number of likely N-dealkylation sites (tertiary alicyclic amines) is 1. The summed E-state index contributed by atoms with van der Waals surface area (Å²) in [7, 11) is 0. The fourth-order valence-electron chi connectivity index (χ4n) is 3.99. The fourth-order valence-corrected chi connectivity index (χ4v) is 3.99. The molecule has 0 aromatic carbocycles. The van der Waals surface area contributed by atoms with Crippen LogP contribution in [0.25, 0.3) is 0 Å². The summed E-state index contributed by atoms with van der Waals surface area (Å²) in [6.07, 6.45) is 5.26. The molecular formula is C15H24N2O3. The van der Waals surface area contributed by atoms with Crippen LogP contribution >= 0.6 is 0 Å². The van der Waals surface area contributed by atoms with Gasteiger partial charge in [0.2, 0.25) is 5.91 Å². The number of carboxylic acid groups (broad SMARTS) is 1. The van der Waals surface area contributed by atoms with E-state index in [4.69, 9.17) is 5.11 Å². The molecule has 112 valence electrons. The molecule has 2 saturated heterocycles. The van der Waals surface area contributed by atoms with Gasteiger partial charge in [-0.2, -0.15) is 0 Å². The lowest BCUT2D eigenvalue weighted by Gasteiger charge is -2.25. The number of amides is 1. The molecule has 0 aromatic heterocycles. The molecule has 1 spiro atoms. The summed E-state index contributed by atoms with van der Waals surface area (Å²) in [6.45, 7) is 3.70. The van der Waals surface area contributed by atoms with E-state index in [2.05, 4.69) is 5.32 Å². The Labute approximate surface area is 119 Å². The van der Waals surface area contributed by atoms with Gasteiger partial charge in [0.15, 0.2) is 0 Å². The van der Waals surface area contributed by atoms with Crippen molar-refractivity contribution in [3.8, 4) is 0 Å². The number of hydrogen-bond donors (Lipinski definition) is 2. The monoisotopic (exact) mass is 280 g/mol. The molecule has 2 unspecified atom stereocenters. The van der Waals surface area contributed by atoms with Crippen LogP contribution in [0.15, 0.2) is 0 Å². The van der Waals surface area contributed by atoms with Gasteiger partial charge < -0.3 is 15.3 Å². The topological polar surface area (TPSA) is 69.6 Å². The lowest BCUT2D eigenvalue weighted by molar-refractivity contribution is -0.137. The number of hydrogen-bond acceptors (Lipinski definition) is 3. The van der Waals surface area contributed by atoms with E-state index in [1.807, 2.05) is 4.90 Å². The van der Waals surface area contributed by atoms with Crippen molar-refractivity contribution in [1.29, 1.82) is 0 Å². The average molecular weight is 280 g/mol. The highest BCUT2D eigenvalue weighted by atomic mass is 16.4. The number of nitrogens with zero attached hydrogens (tertiary/aromatic N) is 1. The summed E-state index contributed by atoms with van der Waals surface area (Å²) in [6, 6.07) is 0. The first kappa shape index (κ1) is 13.9. The van der Waals surface area contributed by atoms with Gasteiger partial charge in [0.1, 0.15) is 0 Å². The van der Waals surface area contributed by atoms with E-state index in [-0.39, 0.29) is 12.3 Å². The highest BCUT2D eigenvalue weighted by Crippen LogP contribution is 2.59. The molecule has 1 saturated carbocycles. The van der Waals surface area contributed by atoms with E-state index in [1.54, 1.807) is 0 Å². The van der Waals surface area contributed by atoms with Gasteiger partial charge in [0, 0.05) is 25.4 Å². The molecule has 3 aliphatic rings. The standard InChI is InChI=1S/C15H24N2O3/c18-13(19)2-1-11-3-8-17(10-11)14(20)12-9-15(12)4-6-16-7-5-15/h11-12,16H,1-10H2,(H,18,19). The molecule has 0 radical (unpaired) electrons. The zero-order chi connectivity index (χ0) is 14.2. The van der Waals surface area contributed by atoms with Gasteiger partial charge in [-0.15, -0.1) is 0 Å². The van der Waals surface area contributed by atoms with Crippen LogP contribution in [-0.4, -0.2) is 48.1 Å². The lowest BCUT2D eigenvalue weighted by atomic mass is 9.91. The Morgan fingerprint density at radius 2 is 2.05 bits per heavy atom. The van der Waals surface area contributed by atoms with Crippen molar-refractivity contribution in [2.24, 2.45) is 17.3 Å². The Bertz CT molecular complexity index is 404. The second kappa shape index (κ2) is 5.35. The number of aliphatic carboxylic acids is 1. The Balaban J connectivity index is 1.48. The van der Waals surface area contributed by atoms with Gasteiger partial charge in [0.25, 0.3) is 0 Å². The molecule has 5 nitrogen and oxygen atoms in total. The van der Waals surface area contributed by atoms with Crippen molar-refractivity contribution in [2.75, 3.05) is 26.2 Å². The normalized spacial score (nSPS) is 31.5. The second-order valence-corrected chi connectivity index (χ2v) is 6.74. The van der Waals surface area contributed by atoms with Crippen LogP contribution in [0, 0.1) is 17.3 Å². The highest BCUT2D eigenvalue weighted by molar-refractivity contribution is 5.83. The van der Waals surface area contributed by atoms with Crippen molar-refractivity contribution in [3.63, 3.8) is 0 Å². The van der Waals surface area contributed by atoms with Gasteiger partial charge >= 0.3 is 5.97 Å². The number of nitrogens with one attached hydrogen (secondary N) is 1. The molecule has 2 atom stereocenters. The molecule has 2 N–H and O–H groups in total. The van der Waals surface area contributed by atoms with Crippen LogP contribution in [0.3, 0.4) is 0 Å². The molecule has 20 heavy (non-hydrogen) atoms. The summed E-state index contributed by atoms with van der Waals surface area (Å²) in [5.74, 6) is 0.246. The smallest absolute Gasteiger partial charge is 0.303 e. The minimum atomic E-state index is -0.731. The molecule has 0 aromatic rings. The van der Waals surface area contributed by atoms with Gasteiger partial charge in [-0.3, -0.25) is 9.59 Å². The van der Waals surface area contributed by atoms with Crippen LogP contribution in [0.4, 0.5) is 0 Å². The lowest BCUT2D eigenvalue weighted by Crippen LogP contribution is -2.35. The number of carbonyl (C=O) groups excluding carboxylic acids is 1. The van der Waals surface area contributed by atoms with E-state index in [1.165, 1.54) is 0 Å². The Morgan fingerprint density at radius 1 is 1.30 bits per heavy atom. The highest BCUT2D eigenvalue weighted by Gasteiger charge is 2.58. The van der Waals surface area contributed by atoms with Gasteiger partial charge in [-0.05, 0) is 56.5 Å². The van der Waals surface area contributed by atoms with Gasteiger partial charge in [0.05, 0.1) is 0 Å². The maximum atomic E-state index is 12.6. The second-order valence-electron chi connectivity index (χ2n) is 6.74. The van der Waals surface area contributed by atoms with Crippen LogP contribution in [-0.2, 0) is 9.59 Å². The third-order valence-corrected chi connectivity index (χ3v) is 5.45. The third-order valence-electron chi connectivity index (χ3n) is 5.45. The minimum Gasteiger partial charge on any atom is -0.481 e. The maximum Gasteiger partial charge on any atom is 0.303 e. The zero-order valence-electron chi connectivity index (χ0n) is 11.9. The molecule has 1 amide bonds. The molecule has 2 heterocycles. The summed E-state index contributed by atoms with van der Waals surface area (Å²) in [5.41, 5.74) is 0.307. The Kier molecular flexibility index (Phi) is 3.71. The summed E-state index contributed by atoms with van der Waals surface area (Å²) >= 11 is 0. The number of carbonyl (C=O) groups is 2. The van der Waals surface area contributed by atoms with Gasteiger partial charge in [-0.1, -0.05) is 0 Å². The van der Waals surface area contributed by atoms with E-state index in [0.29, 0.717) is 23.7 Å². The Morgan fingerprint density at radius 3 is 2.75 bits per heavy atom. The van der Waals surface area contributed by atoms with Crippen molar-refractivity contribution >= 4 is 11.9 Å². The molecule has 3 fully saturated rings. The summed E-state index contributed by atoms with van der Waals surface area (Å²) in [5, 5.41) is 12.1. The Hall–Kier alpha value is -1.10. The molecule has 5 heteroatoms. The number of rotatable bonds is 4. The molecular weight excluding hydrogens is 256 g/mol. The molecule has 3 rings (SSSR count). The van der Waals surface area contributed by atoms with E-state index in [9.17, 15) is 9.59 Å². The largest absolute Gasteiger partial charge is 0.481 e. The molecule has 0 bridgehead atoms. The fraction of sp³-hybridized carbons (Fsp3) is 0.867.